The van der Waals surface area contributed by atoms with Crippen LogP contribution in [0.25, 0.3) is 6.08 Å². The molecule has 0 saturated carbocycles. The molecule has 1 aromatic carbocycles. The third-order valence-electron chi connectivity index (χ3n) is 5.91. The van der Waals surface area contributed by atoms with Crippen LogP contribution in [0.1, 0.15) is 28.8 Å². The molecule has 1 aromatic heterocycles. The minimum absolute atomic E-state index is 0.118. The van der Waals surface area contributed by atoms with Crippen LogP contribution in [0.2, 0.25) is 0 Å². The van der Waals surface area contributed by atoms with Crippen molar-refractivity contribution in [3.63, 3.8) is 0 Å². The predicted molar refractivity (Wildman–Crippen MR) is 117 cm³/mol. The van der Waals surface area contributed by atoms with Gasteiger partial charge in [-0.25, -0.2) is 0 Å². The molecule has 29 heavy (non-hydrogen) atoms. The lowest BCUT2D eigenvalue weighted by atomic mass is 9.95. The lowest BCUT2D eigenvalue weighted by molar-refractivity contribution is -0.128. The Balaban J connectivity index is 1.42. The summed E-state index contributed by atoms with van der Waals surface area (Å²) in [5, 5.41) is 2.03. The molecule has 1 amide bonds. The molecule has 0 radical (unpaired) electrons. The number of nitrogens with zero attached hydrogens (tertiary/aromatic N) is 2. The van der Waals surface area contributed by atoms with Crippen LogP contribution in [0.15, 0.2) is 35.7 Å². The summed E-state index contributed by atoms with van der Waals surface area (Å²) in [5.74, 6) is 1.70. The fraction of sp³-hybridized carbons (Fsp3) is 0.435. The fourth-order valence-electron chi connectivity index (χ4n) is 4.31. The Bertz CT molecular complexity index is 878. The van der Waals surface area contributed by atoms with Crippen LogP contribution in [0.3, 0.4) is 0 Å². The summed E-state index contributed by atoms with van der Waals surface area (Å²) in [6.07, 6.45) is 6.84. The van der Waals surface area contributed by atoms with E-state index in [0.29, 0.717) is 6.04 Å². The van der Waals surface area contributed by atoms with Crippen LogP contribution in [0.5, 0.6) is 11.5 Å². The molecule has 2 aliphatic heterocycles. The minimum Gasteiger partial charge on any atom is -0.493 e. The Kier molecular flexibility index (Phi) is 6.21. The van der Waals surface area contributed by atoms with E-state index in [2.05, 4.69) is 17.0 Å². The standard InChI is InChI=1S/C23H28N2O3S/c1-27-21-13-17-9-11-24(15-18(17)14-22(21)28-2)19-5-3-10-25(16-19)23(26)8-7-20-6-4-12-29-20/h4,6-8,12-14,19H,3,5,9-11,15-16H2,1-2H3. The highest BCUT2D eigenvalue weighted by atomic mass is 32.1. The molecule has 2 aliphatic rings. The van der Waals surface area contributed by atoms with E-state index in [1.165, 1.54) is 11.1 Å². The molecule has 4 rings (SSSR count). The van der Waals surface area contributed by atoms with Crippen LogP contribution in [-0.4, -0.2) is 55.6 Å². The van der Waals surface area contributed by atoms with Gasteiger partial charge in [-0.05, 0) is 60.0 Å². The Morgan fingerprint density at radius 3 is 2.69 bits per heavy atom. The van der Waals surface area contributed by atoms with Gasteiger partial charge in [0.1, 0.15) is 0 Å². The molecule has 1 atom stereocenters. The summed E-state index contributed by atoms with van der Waals surface area (Å²) in [6, 6.07) is 8.66. The average molecular weight is 413 g/mol. The van der Waals surface area contributed by atoms with Crippen molar-refractivity contribution in [1.29, 1.82) is 0 Å². The van der Waals surface area contributed by atoms with E-state index >= 15 is 0 Å². The molecular weight excluding hydrogens is 384 g/mol. The van der Waals surface area contributed by atoms with E-state index in [9.17, 15) is 4.79 Å². The summed E-state index contributed by atoms with van der Waals surface area (Å²) in [5.41, 5.74) is 2.64. The maximum atomic E-state index is 12.7. The maximum absolute atomic E-state index is 12.7. The molecule has 3 heterocycles. The number of benzene rings is 1. The number of piperidine rings is 1. The zero-order valence-electron chi connectivity index (χ0n) is 17.1. The average Bonchev–Trinajstić information content (AvgIpc) is 3.29. The number of amides is 1. The number of likely N-dealkylation sites (tertiary alicyclic amines) is 1. The summed E-state index contributed by atoms with van der Waals surface area (Å²) < 4.78 is 10.9. The van der Waals surface area contributed by atoms with E-state index in [-0.39, 0.29) is 5.91 Å². The Morgan fingerprint density at radius 1 is 1.17 bits per heavy atom. The van der Waals surface area contributed by atoms with Crippen molar-refractivity contribution in [2.75, 3.05) is 33.9 Å². The van der Waals surface area contributed by atoms with Gasteiger partial charge in [-0.1, -0.05) is 6.07 Å². The van der Waals surface area contributed by atoms with Gasteiger partial charge in [0.25, 0.3) is 0 Å². The second-order valence-electron chi connectivity index (χ2n) is 7.63. The van der Waals surface area contributed by atoms with Crippen molar-refractivity contribution in [2.24, 2.45) is 0 Å². The fourth-order valence-corrected chi connectivity index (χ4v) is 4.93. The molecule has 0 aliphatic carbocycles. The van der Waals surface area contributed by atoms with Crippen LogP contribution in [-0.2, 0) is 17.8 Å². The Labute approximate surface area is 176 Å². The second kappa shape index (κ2) is 9.01. The van der Waals surface area contributed by atoms with Crippen molar-refractivity contribution < 1.29 is 14.3 Å². The van der Waals surface area contributed by atoms with Gasteiger partial charge >= 0.3 is 0 Å². The third-order valence-corrected chi connectivity index (χ3v) is 6.74. The van der Waals surface area contributed by atoms with Gasteiger partial charge in [-0.15, -0.1) is 11.3 Å². The van der Waals surface area contributed by atoms with Crippen LogP contribution < -0.4 is 9.47 Å². The number of carbonyl (C=O) groups is 1. The molecular formula is C23H28N2O3S. The van der Waals surface area contributed by atoms with E-state index in [1.54, 1.807) is 31.6 Å². The highest BCUT2D eigenvalue weighted by Gasteiger charge is 2.30. The van der Waals surface area contributed by atoms with E-state index in [4.69, 9.17) is 9.47 Å². The maximum Gasteiger partial charge on any atom is 0.246 e. The summed E-state index contributed by atoms with van der Waals surface area (Å²) >= 11 is 1.65. The summed E-state index contributed by atoms with van der Waals surface area (Å²) in [4.78, 5) is 18.3. The molecule has 154 valence electrons. The molecule has 1 saturated heterocycles. The monoisotopic (exact) mass is 412 g/mol. The number of thiophene rings is 1. The zero-order chi connectivity index (χ0) is 20.2. The lowest BCUT2D eigenvalue weighted by Crippen LogP contribution is -2.50. The van der Waals surface area contributed by atoms with Gasteiger partial charge in [0.05, 0.1) is 14.2 Å². The predicted octanol–water partition coefficient (Wildman–Crippen LogP) is 3.83. The third kappa shape index (κ3) is 4.49. The number of fused-ring (bicyclic) bond motifs is 1. The molecule has 0 N–H and O–H groups in total. The second-order valence-corrected chi connectivity index (χ2v) is 8.60. The van der Waals surface area contributed by atoms with Crippen molar-refractivity contribution in [2.45, 2.75) is 31.8 Å². The van der Waals surface area contributed by atoms with Gasteiger partial charge in [-0.2, -0.15) is 0 Å². The first-order valence-electron chi connectivity index (χ1n) is 10.2. The van der Waals surface area contributed by atoms with Crippen molar-refractivity contribution >= 4 is 23.3 Å². The van der Waals surface area contributed by atoms with Crippen LogP contribution in [0, 0.1) is 0 Å². The normalized spacial score (nSPS) is 19.9. The number of methoxy groups -OCH3 is 2. The Hall–Kier alpha value is -2.31. The van der Waals surface area contributed by atoms with Crippen LogP contribution in [0.4, 0.5) is 0 Å². The summed E-state index contributed by atoms with van der Waals surface area (Å²) in [7, 11) is 3.36. The molecule has 6 heteroatoms. The van der Waals surface area contributed by atoms with Gasteiger partial charge in [0.2, 0.25) is 5.91 Å². The highest BCUT2D eigenvalue weighted by Crippen LogP contribution is 2.34. The van der Waals surface area contributed by atoms with E-state index in [0.717, 1.165) is 61.8 Å². The largest absolute Gasteiger partial charge is 0.493 e. The van der Waals surface area contributed by atoms with E-state index < -0.39 is 0 Å². The molecule has 5 nitrogen and oxygen atoms in total. The van der Waals surface area contributed by atoms with Gasteiger partial charge in [-0.3, -0.25) is 9.69 Å². The SMILES string of the molecule is COc1cc2c(cc1OC)CN(C1CCCN(C(=O)C=Cc3cccs3)C1)CC2. The Morgan fingerprint density at radius 2 is 1.97 bits per heavy atom. The van der Waals surface area contributed by atoms with Gasteiger partial charge < -0.3 is 14.4 Å². The minimum atomic E-state index is 0.118. The first-order valence-corrected chi connectivity index (χ1v) is 11.0. The first-order chi connectivity index (χ1) is 14.2. The highest BCUT2D eigenvalue weighted by molar-refractivity contribution is 7.10. The smallest absolute Gasteiger partial charge is 0.246 e. The van der Waals surface area contributed by atoms with Crippen molar-refractivity contribution in [3.05, 3.63) is 51.7 Å². The molecule has 0 spiro atoms. The first kappa shape index (κ1) is 20.0. The van der Waals surface area contributed by atoms with E-state index in [1.807, 2.05) is 28.5 Å². The zero-order valence-corrected chi connectivity index (χ0v) is 17.9. The molecule has 1 unspecified atom stereocenters. The molecule has 2 aromatic rings. The quantitative estimate of drug-likeness (QED) is 0.700. The number of carbonyl (C=O) groups excluding carboxylic acids is 1. The number of ether oxygens (including phenoxy) is 2. The van der Waals surface area contributed by atoms with Gasteiger partial charge in [0.15, 0.2) is 11.5 Å². The van der Waals surface area contributed by atoms with Crippen molar-refractivity contribution in [1.82, 2.24) is 9.80 Å². The topological polar surface area (TPSA) is 42.0 Å². The lowest BCUT2D eigenvalue weighted by Gasteiger charge is -2.41. The number of rotatable bonds is 5. The molecule has 1 fully saturated rings. The molecule has 0 bridgehead atoms. The summed E-state index contributed by atoms with van der Waals surface area (Å²) in [6.45, 7) is 3.56. The number of hydrogen-bond acceptors (Lipinski definition) is 5. The van der Waals surface area contributed by atoms with Crippen LogP contribution >= 0.6 is 11.3 Å². The van der Waals surface area contributed by atoms with Gasteiger partial charge in [0, 0.05) is 43.2 Å². The van der Waals surface area contributed by atoms with Crippen molar-refractivity contribution in [3.8, 4) is 11.5 Å². The number of hydrogen-bond donors (Lipinski definition) is 0.